The zero-order chi connectivity index (χ0) is 22.2. The van der Waals surface area contributed by atoms with E-state index < -0.39 is 10.0 Å². The number of sulfonamides is 1. The summed E-state index contributed by atoms with van der Waals surface area (Å²) in [6.45, 7) is 5.88. The minimum Gasteiger partial charge on any atom is -0.353 e. The Morgan fingerprint density at radius 3 is 2.48 bits per heavy atom. The van der Waals surface area contributed by atoms with Crippen molar-refractivity contribution in [2.45, 2.75) is 56.5 Å². The summed E-state index contributed by atoms with van der Waals surface area (Å²) >= 11 is 0. The van der Waals surface area contributed by atoms with E-state index in [-0.39, 0.29) is 28.8 Å². The molecule has 0 spiro atoms. The van der Waals surface area contributed by atoms with Crippen LogP contribution >= 0.6 is 0 Å². The Bertz CT molecular complexity index is 1220. The summed E-state index contributed by atoms with van der Waals surface area (Å²) in [5.74, 6) is -0.417. The number of anilines is 1. The molecular weight excluding hydrogens is 408 g/mol. The monoisotopic (exact) mass is 436 g/mol. The molecule has 5 nitrogen and oxygen atoms in total. The van der Waals surface area contributed by atoms with Gasteiger partial charge in [-0.25, -0.2) is 8.42 Å². The van der Waals surface area contributed by atoms with E-state index >= 15 is 0 Å². The maximum Gasteiger partial charge on any atom is 0.264 e. The van der Waals surface area contributed by atoms with Crippen LogP contribution in [0.25, 0.3) is 10.8 Å². The third kappa shape index (κ3) is 3.92. The predicted molar refractivity (Wildman–Crippen MR) is 125 cm³/mol. The smallest absolute Gasteiger partial charge is 0.264 e. The summed E-state index contributed by atoms with van der Waals surface area (Å²) in [4.78, 5) is 13.2. The number of benzene rings is 3. The number of carbonyl (C=O) groups excluding carboxylic acids is 1. The van der Waals surface area contributed by atoms with Crippen molar-refractivity contribution in [1.82, 2.24) is 5.32 Å². The first-order valence-electron chi connectivity index (χ1n) is 10.8. The van der Waals surface area contributed by atoms with Gasteiger partial charge in [0.2, 0.25) is 5.91 Å². The van der Waals surface area contributed by atoms with Crippen LogP contribution in [-0.4, -0.2) is 26.4 Å². The second-order valence-corrected chi connectivity index (χ2v) is 10.1. The molecule has 0 saturated carbocycles. The first-order valence-corrected chi connectivity index (χ1v) is 12.2. The quantitative estimate of drug-likeness (QED) is 0.623. The fourth-order valence-corrected chi connectivity index (χ4v) is 6.01. The summed E-state index contributed by atoms with van der Waals surface area (Å²) in [6.07, 6.45) is 1.28. The number of carbonyl (C=O) groups is 1. The molecule has 0 aromatic heterocycles. The fraction of sp³-hybridized carbons (Fsp3) is 0.320. The van der Waals surface area contributed by atoms with E-state index in [0.29, 0.717) is 12.1 Å². The first kappa shape index (κ1) is 21.4. The molecule has 0 unspecified atom stereocenters. The van der Waals surface area contributed by atoms with Crippen LogP contribution in [0.15, 0.2) is 71.6 Å². The van der Waals surface area contributed by atoms with Gasteiger partial charge in [-0.05, 0) is 61.2 Å². The van der Waals surface area contributed by atoms with Crippen LogP contribution < -0.4 is 9.62 Å². The molecule has 3 atom stereocenters. The van der Waals surface area contributed by atoms with E-state index in [1.54, 1.807) is 18.2 Å². The third-order valence-electron chi connectivity index (χ3n) is 6.12. The number of hydrogen-bond donors (Lipinski definition) is 1. The number of nitrogens with zero attached hydrogens (tertiary/aromatic N) is 1. The molecule has 0 radical (unpaired) electrons. The van der Waals surface area contributed by atoms with Gasteiger partial charge in [-0.1, -0.05) is 55.5 Å². The van der Waals surface area contributed by atoms with Crippen molar-refractivity contribution in [2.24, 2.45) is 0 Å². The van der Waals surface area contributed by atoms with E-state index in [4.69, 9.17) is 0 Å². The van der Waals surface area contributed by atoms with Crippen LogP contribution in [-0.2, 0) is 14.8 Å². The van der Waals surface area contributed by atoms with Gasteiger partial charge in [0, 0.05) is 12.1 Å². The van der Waals surface area contributed by atoms with Crippen LogP contribution in [0.4, 0.5) is 5.69 Å². The Morgan fingerprint density at radius 2 is 1.74 bits per heavy atom. The van der Waals surface area contributed by atoms with Crippen LogP contribution in [0.5, 0.6) is 0 Å². The summed E-state index contributed by atoms with van der Waals surface area (Å²) < 4.78 is 28.9. The minimum absolute atomic E-state index is 0.0450. The van der Waals surface area contributed by atoms with Gasteiger partial charge in [0.15, 0.2) is 0 Å². The number of para-hydroxylation sites is 1. The van der Waals surface area contributed by atoms with E-state index in [1.807, 2.05) is 69.3 Å². The van der Waals surface area contributed by atoms with E-state index in [9.17, 15) is 13.2 Å². The highest BCUT2D eigenvalue weighted by molar-refractivity contribution is 7.92. The van der Waals surface area contributed by atoms with Gasteiger partial charge >= 0.3 is 0 Å². The molecule has 162 valence electrons. The summed E-state index contributed by atoms with van der Waals surface area (Å²) in [6, 6.07) is 20.0. The zero-order valence-corrected chi connectivity index (χ0v) is 18.9. The van der Waals surface area contributed by atoms with Gasteiger partial charge in [-0.15, -0.1) is 0 Å². The molecule has 0 aliphatic carbocycles. The lowest BCUT2D eigenvalue weighted by Crippen LogP contribution is -2.46. The molecule has 1 N–H and O–H groups in total. The van der Waals surface area contributed by atoms with Crippen molar-refractivity contribution >= 4 is 32.4 Å². The Balaban J connectivity index is 1.76. The Labute approximate surface area is 184 Å². The molecule has 4 rings (SSSR count). The van der Waals surface area contributed by atoms with Crippen molar-refractivity contribution in [3.63, 3.8) is 0 Å². The SMILES string of the molecule is CC[C@H](C)NC(=O)[C@@H]1C[C@H](C)N(S(=O)(=O)c2ccc3ccccc3c2)c2ccccc21. The average molecular weight is 437 g/mol. The van der Waals surface area contributed by atoms with E-state index in [1.165, 1.54) is 4.31 Å². The van der Waals surface area contributed by atoms with Crippen LogP contribution in [0.2, 0.25) is 0 Å². The molecule has 6 heteroatoms. The lowest BCUT2D eigenvalue weighted by atomic mass is 9.86. The Morgan fingerprint density at radius 1 is 1.06 bits per heavy atom. The molecule has 1 heterocycles. The number of amides is 1. The third-order valence-corrected chi connectivity index (χ3v) is 8.05. The predicted octanol–water partition coefficient (Wildman–Crippen LogP) is 4.83. The van der Waals surface area contributed by atoms with Crippen molar-refractivity contribution < 1.29 is 13.2 Å². The van der Waals surface area contributed by atoms with E-state index in [2.05, 4.69) is 5.32 Å². The van der Waals surface area contributed by atoms with Crippen molar-refractivity contribution in [3.8, 4) is 0 Å². The topological polar surface area (TPSA) is 66.5 Å². The molecule has 1 aliphatic heterocycles. The van der Waals surface area contributed by atoms with Crippen molar-refractivity contribution in [3.05, 3.63) is 72.3 Å². The average Bonchev–Trinajstić information content (AvgIpc) is 2.77. The second kappa shape index (κ2) is 8.35. The fourth-order valence-electron chi connectivity index (χ4n) is 4.29. The Kier molecular flexibility index (Phi) is 5.75. The standard InChI is InChI=1S/C25H28N2O3S/c1-4-17(2)26-25(28)23-15-18(3)27(24-12-8-7-11-22(23)24)31(29,30)21-14-13-19-9-5-6-10-20(19)16-21/h5-14,16-18,23H,4,15H2,1-3H3,(H,26,28)/t17-,18-,23+/m0/s1. The molecule has 3 aromatic carbocycles. The number of hydrogen-bond acceptors (Lipinski definition) is 3. The minimum atomic E-state index is -3.79. The lowest BCUT2D eigenvalue weighted by Gasteiger charge is -2.39. The van der Waals surface area contributed by atoms with Gasteiger partial charge in [-0.2, -0.15) is 0 Å². The van der Waals surface area contributed by atoms with Gasteiger partial charge in [0.25, 0.3) is 10.0 Å². The van der Waals surface area contributed by atoms with Crippen LogP contribution in [0, 0.1) is 0 Å². The highest BCUT2D eigenvalue weighted by Crippen LogP contribution is 2.41. The highest BCUT2D eigenvalue weighted by atomic mass is 32.2. The molecule has 0 fully saturated rings. The molecule has 1 aliphatic rings. The summed E-state index contributed by atoms with van der Waals surface area (Å²) in [7, 11) is -3.79. The van der Waals surface area contributed by atoms with Gasteiger partial charge in [0.05, 0.1) is 16.5 Å². The molecule has 0 saturated heterocycles. The van der Waals surface area contributed by atoms with Crippen LogP contribution in [0.1, 0.15) is 45.1 Å². The van der Waals surface area contributed by atoms with E-state index in [0.717, 1.165) is 22.8 Å². The van der Waals surface area contributed by atoms with Crippen LogP contribution in [0.3, 0.4) is 0 Å². The summed E-state index contributed by atoms with van der Waals surface area (Å²) in [5, 5.41) is 4.94. The second-order valence-electron chi connectivity index (χ2n) is 8.32. The van der Waals surface area contributed by atoms with Gasteiger partial charge in [0.1, 0.15) is 0 Å². The molecule has 31 heavy (non-hydrogen) atoms. The molecular formula is C25H28N2O3S. The normalized spacial score (nSPS) is 19.6. The number of nitrogens with one attached hydrogen (secondary N) is 1. The number of fused-ring (bicyclic) bond motifs is 2. The summed E-state index contributed by atoms with van der Waals surface area (Å²) in [5.41, 5.74) is 1.34. The largest absolute Gasteiger partial charge is 0.353 e. The zero-order valence-electron chi connectivity index (χ0n) is 18.1. The molecule has 1 amide bonds. The van der Waals surface area contributed by atoms with Crippen molar-refractivity contribution in [2.75, 3.05) is 4.31 Å². The maximum atomic E-state index is 13.7. The lowest BCUT2D eigenvalue weighted by molar-refractivity contribution is -0.123. The highest BCUT2D eigenvalue weighted by Gasteiger charge is 2.40. The van der Waals surface area contributed by atoms with Gasteiger partial charge < -0.3 is 5.32 Å². The number of rotatable bonds is 5. The molecule has 3 aromatic rings. The van der Waals surface area contributed by atoms with Gasteiger partial charge in [-0.3, -0.25) is 9.10 Å². The first-order chi connectivity index (χ1) is 14.8. The van der Waals surface area contributed by atoms with Crippen molar-refractivity contribution in [1.29, 1.82) is 0 Å². The Hall–Kier alpha value is -2.86. The molecule has 0 bridgehead atoms. The maximum absolute atomic E-state index is 13.7.